The van der Waals surface area contributed by atoms with E-state index in [1.807, 2.05) is 6.92 Å². The number of hydrogen-bond donors (Lipinski definition) is 1. The summed E-state index contributed by atoms with van der Waals surface area (Å²) in [5.41, 5.74) is 5.41. The Hall–Kier alpha value is -0.900. The summed E-state index contributed by atoms with van der Waals surface area (Å²) in [5, 5.41) is 0. The van der Waals surface area contributed by atoms with Crippen molar-refractivity contribution in [3.8, 4) is 0 Å². The van der Waals surface area contributed by atoms with Gasteiger partial charge in [-0.1, -0.05) is 0 Å². The Morgan fingerprint density at radius 3 is 2.31 bits per heavy atom. The summed E-state index contributed by atoms with van der Waals surface area (Å²) >= 11 is 0. The minimum Gasteiger partial charge on any atom is -0.342 e. The molecule has 2 N–H and O–H groups in total. The summed E-state index contributed by atoms with van der Waals surface area (Å²) in [6, 6.07) is 0.0412. The molecule has 0 aromatic heterocycles. The van der Waals surface area contributed by atoms with Crippen LogP contribution in [0.5, 0.6) is 0 Å². The lowest BCUT2D eigenvalue weighted by atomic mass is 10.2. The molecule has 1 atom stereocenters. The molecule has 0 aliphatic rings. The van der Waals surface area contributed by atoms with Gasteiger partial charge < -0.3 is 15.4 Å². The molecule has 0 saturated heterocycles. The summed E-state index contributed by atoms with van der Waals surface area (Å²) < 4.78 is 0. The summed E-state index contributed by atoms with van der Waals surface area (Å²) in [7, 11) is 1.71. The number of ketones is 1. The Morgan fingerprint density at radius 1 is 1.38 bits per heavy atom. The molecule has 0 bridgehead atoms. The van der Waals surface area contributed by atoms with Crippen LogP contribution in [0.1, 0.15) is 26.7 Å². The second-order valence-electron chi connectivity index (χ2n) is 3.29. The first-order valence-corrected chi connectivity index (χ1v) is 4.44. The normalized spacial score (nSPS) is 12.3. The first-order chi connectivity index (χ1) is 5.99. The fraction of sp³-hybridized carbons (Fsp3) is 0.778. The number of likely N-dealkylation sites (N-methyl/N-ethyl adjacent to an activating group) is 1. The van der Waals surface area contributed by atoms with Crippen LogP contribution in [0.4, 0.5) is 0 Å². The molecular weight excluding hydrogens is 168 g/mol. The number of carbonyl (C=O) groups excluding carboxylic acids is 2. The van der Waals surface area contributed by atoms with Gasteiger partial charge in [-0.15, -0.1) is 0 Å². The van der Waals surface area contributed by atoms with E-state index in [1.165, 1.54) is 6.92 Å². The molecular formula is C9H18N2O2. The number of amides is 1. The quantitative estimate of drug-likeness (QED) is 0.665. The molecule has 0 aromatic carbocycles. The van der Waals surface area contributed by atoms with Gasteiger partial charge in [-0.3, -0.25) is 4.79 Å². The van der Waals surface area contributed by atoms with E-state index in [-0.39, 0.29) is 24.2 Å². The second-order valence-corrected chi connectivity index (χ2v) is 3.29. The molecule has 0 fully saturated rings. The molecule has 0 aliphatic carbocycles. The molecule has 0 spiro atoms. The number of nitrogens with two attached hydrogens (primary N) is 1. The predicted molar refractivity (Wildman–Crippen MR) is 51.2 cm³/mol. The Kier molecular flexibility index (Phi) is 5.30. The summed E-state index contributed by atoms with van der Waals surface area (Å²) in [5.74, 6) is 0.0234. The predicted octanol–water partition coefficient (Wildman–Crippen LogP) is 0.161. The van der Waals surface area contributed by atoms with Gasteiger partial charge >= 0.3 is 0 Å². The Morgan fingerprint density at radius 2 is 1.92 bits per heavy atom. The van der Waals surface area contributed by atoms with Gasteiger partial charge in [-0.2, -0.15) is 0 Å². The highest BCUT2D eigenvalue weighted by molar-refractivity contribution is 5.83. The van der Waals surface area contributed by atoms with Gasteiger partial charge in [0.2, 0.25) is 5.91 Å². The van der Waals surface area contributed by atoms with Gasteiger partial charge in [0, 0.05) is 32.5 Å². The highest BCUT2D eigenvalue weighted by Crippen LogP contribution is 2.00. The minimum absolute atomic E-state index is 0.0202. The minimum atomic E-state index is -0.0202. The van der Waals surface area contributed by atoms with E-state index in [2.05, 4.69) is 0 Å². The van der Waals surface area contributed by atoms with Crippen molar-refractivity contribution in [2.75, 3.05) is 13.6 Å². The topological polar surface area (TPSA) is 63.4 Å². The lowest BCUT2D eigenvalue weighted by Crippen LogP contribution is -2.39. The van der Waals surface area contributed by atoms with Crippen LogP contribution in [0.2, 0.25) is 0 Å². The number of rotatable bonds is 5. The van der Waals surface area contributed by atoms with E-state index in [0.29, 0.717) is 13.0 Å². The third-order valence-corrected chi connectivity index (χ3v) is 2.09. The Labute approximate surface area is 79.1 Å². The monoisotopic (exact) mass is 186 g/mol. The Balaban J connectivity index is 3.89. The van der Waals surface area contributed by atoms with Crippen molar-refractivity contribution in [1.29, 1.82) is 0 Å². The van der Waals surface area contributed by atoms with E-state index in [0.717, 1.165) is 0 Å². The molecule has 0 saturated carbocycles. The third-order valence-electron chi connectivity index (χ3n) is 2.09. The van der Waals surface area contributed by atoms with Crippen molar-refractivity contribution >= 4 is 11.7 Å². The molecule has 0 rings (SSSR count). The zero-order chi connectivity index (χ0) is 10.4. The van der Waals surface area contributed by atoms with Gasteiger partial charge in [-0.25, -0.2) is 0 Å². The third kappa shape index (κ3) is 4.62. The smallest absolute Gasteiger partial charge is 0.223 e. The SMILES string of the molecule is CC(=O)CCC(=O)N(C)C(C)CN. The average molecular weight is 186 g/mol. The van der Waals surface area contributed by atoms with Crippen molar-refractivity contribution in [1.82, 2.24) is 4.90 Å². The van der Waals surface area contributed by atoms with E-state index in [4.69, 9.17) is 5.73 Å². The molecule has 76 valence electrons. The largest absolute Gasteiger partial charge is 0.342 e. The zero-order valence-electron chi connectivity index (χ0n) is 8.54. The maximum absolute atomic E-state index is 11.4. The van der Waals surface area contributed by atoms with Crippen LogP contribution in [0.15, 0.2) is 0 Å². The van der Waals surface area contributed by atoms with Crippen LogP contribution >= 0.6 is 0 Å². The van der Waals surface area contributed by atoms with Crippen LogP contribution in [0, 0.1) is 0 Å². The van der Waals surface area contributed by atoms with E-state index in [9.17, 15) is 9.59 Å². The van der Waals surface area contributed by atoms with Gasteiger partial charge in [0.05, 0.1) is 0 Å². The van der Waals surface area contributed by atoms with Crippen LogP contribution < -0.4 is 5.73 Å². The molecule has 4 nitrogen and oxygen atoms in total. The number of Topliss-reactive ketones (excluding diaryl/α,β-unsaturated/α-hetero) is 1. The average Bonchev–Trinajstić information content (AvgIpc) is 2.11. The van der Waals surface area contributed by atoms with Gasteiger partial charge in [0.1, 0.15) is 5.78 Å². The summed E-state index contributed by atoms with van der Waals surface area (Å²) in [6.07, 6.45) is 0.608. The molecule has 1 unspecified atom stereocenters. The van der Waals surface area contributed by atoms with Gasteiger partial charge in [0.25, 0.3) is 0 Å². The van der Waals surface area contributed by atoms with Gasteiger partial charge in [-0.05, 0) is 13.8 Å². The molecule has 1 amide bonds. The number of hydrogen-bond acceptors (Lipinski definition) is 3. The Bertz CT molecular complexity index is 192. The fourth-order valence-electron chi connectivity index (χ4n) is 0.863. The van der Waals surface area contributed by atoms with Crippen molar-refractivity contribution < 1.29 is 9.59 Å². The van der Waals surface area contributed by atoms with Crippen LogP contribution in [0.3, 0.4) is 0 Å². The molecule has 13 heavy (non-hydrogen) atoms. The molecule has 0 aliphatic heterocycles. The van der Waals surface area contributed by atoms with Crippen molar-refractivity contribution in [2.24, 2.45) is 5.73 Å². The standard InChI is InChI=1S/C9H18N2O2/c1-7(6-10)11(3)9(13)5-4-8(2)12/h7H,4-6,10H2,1-3H3. The summed E-state index contributed by atoms with van der Waals surface area (Å²) in [6.45, 7) is 3.81. The van der Waals surface area contributed by atoms with Crippen LogP contribution in [0.25, 0.3) is 0 Å². The number of carbonyl (C=O) groups is 2. The summed E-state index contributed by atoms with van der Waals surface area (Å²) in [4.78, 5) is 23.6. The lowest BCUT2D eigenvalue weighted by Gasteiger charge is -2.23. The highest BCUT2D eigenvalue weighted by atomic mass is 16.2. The van der Waals surface area contributed by atoms with E-state index < -0.39 is 0 Å². The van der Waals surface area contributed by atoms with Gasteiger partial charge in [0.15, 0.2) is 0 Å². The first-order valence-electron chi connectivity index (χ1n) is 4.44. The molecule has 0 radical (unpaired) electrons. The van der Waals surface area contributed by atoms with E-state index >= 15 is 0 Å². The van der Waals surface area contributed by atoms with Crippen LogP contribution in [-0.2, 0) is 9.59 Å². The molecule has 4 heteroatoms. The fourth-order valence-corrected chi connectivity index (χ4v) is 0.863. The van der Waals surface area contributed by atoms with Crippen LogP contribution in [-0.4, -0.2) is 36.2 Å². The zero-order valence-corrected chi connectivity index (χ0v) is 8.54. The highest BCUT2D eigenvalue weighted by Gasteiger charge is 2.14. The van der Waals surface area contributed by atoms with Crippen molar-refractivity contribution in [2.45, 2.75) is 32.7 Å². The van der Waals surface area contributed by atoms with Crippen molar-refractivity contribution in [3.05, 3.63) is 0 Å². The maximum Gasteiger partial charge on any atom is 0.223 e. The number of nitrogens with zero attached hydrogens (tertiary/aromatic N) is 1. The maximum atomic E-state index is 11.4. The molecule has 0 heterocycles. The van der Waals surface area contributed by atoms with E-state index in [1.54, 1.807) is 11.9 Å². The second kappa shape index (κ2) is 5.70. The first kappa shape index (κ1) is 12.1. The lowest BCUT2D eigenvalue weighted by molar-refractivity contribution is -0.133. The molecule has 0 aromatic rings. The van der Waals surface area contributed by atoms with Crippen molar-refractivity contribution in [3.63, 3.8) is 0 Å².